The van der Waals surface area contributed by atoms with Crippen LogP contribution in [0.4, 0.5) is 0 Å². The highest BCUT2D eigenvalue weighted by atomic mass is 127. The second kappa shape index (κ2) is 8.84. The third kappa shape index (κ3) is 5.21. The molecule has 0 amide bonds. The summed E-state index contributed by atoms with van der Waals surface area (Å²) in [6, 6.07) is 0. The fourth-order valence-corrected chi connectivity index (χ4v) is 2.35. The number of ether oxygens (including phenoxy) is 4. The van der Waals surface area contributed by atoms with Crippen LogP contribution in [0.3, 0.4) is 0 Å². The molecule has 1 fully saturated rings. The van der Waals surface area contributed by atoms with Crippen molar-refractivity contribution in [3.05, 3.63) is 10.2 Å². The van der Waals surface area contributed by atoms with E-state index >= 15 is 0 Å². The Hall–Kier alpha value is -0.180. The van der Waals surface area contributed by atoms with E-state index in [9.17, 15) is 4.79 Å². The second-order valence-electron chi connectivity index (χ2n) is 4.00. The summed E-state index contributed by atoms with van der Waals surface area (Å²) in [4.78, 5) is 11.4. The molecule has 0 saturated carbocycles. The molecule has 18 heavy (non-hydrogen) atoms. The molecule has 1 rings (SSSR count). The number of hydrogen-bond acceptors (Lipinski definition) is 5. The largest absolute Gasteiger partial charge is 0.469 e. The first-order valence-corrected chi connectivity index (χ1v) is 7.05. The van der Waals surface area contributed by atoms with Gasteiger partial charge in [0.05, 0.1) is 31.8 Å². The molecule has 1 aliphatic rings. The highest BCUT2D eigenvalue weighted by molar-refractivity contribution is 14.1. The first-order chi connectivity index (χ1) is 8.71. The van der Waals surface area contributed by atoms with Crippen LogP contribution in [-0.2, 0) is 23.7 Å². The van der Waals surface area contributed by atoms with Gasteiger partial charge in [0, 0.05) is 7.11 Å². The molecule has 3 atom stereocenters. The van der Waals surface area contributed by atoms with Crippen LogP contribution in [0.25, 0.3) is 0 Å². The van der Waals surface area contributed by atoms with Crippen LogP contribution in [-0.4, -0.2) is 45.3 Å². The lowest BCUT2D eigenvalue weighted by Gasteiger charge is -2.34. The lowest BCUT2D eigenvalue weighted by molar-refractivity contribution is -0.174. The van der Waals surface area contributed by atoms with Gasteiger partial charge in [-0.05, 0) is 23.0 Å². The van der Waals surface area contributed by atoms with Gasteiger partial charge >= 0.3 is 5.97 Å². The Morgan fingerprint density at radius 2 is 2.22 bits per heavy atom. The molecular weight excluding hydrogens is 351 g/mol. The van der Waals surface area contributed by atoms with Crippen LogP contribution < -0.4 is 0 Å². The average molecular weight is 370 g/mol. The van der Waals surface area contributed by atoms with E-state index in [0.717, 1.165) is 12.8 Å². The van der Waals surface area contributed by atoms with E-state index in [1.165, 1.54) is 7.11 Å². The highest BCUT2D eigenvalue weighted by Gasteiger charge is 2.32. The quantitative estimate of drug-likeness (QED) is 0.407. The third-order valence-electron chi connectivity index (χ3n) is 2.78. The molecule has 0 aromatic rings. The van der Waals surface area contributed by atoms with Crippen LogP contribution in [0.2, 0.25) is 0 Å². The maximum Gasteiger partial charge on any atom is 0.308 e. The number of esters is 1. The molecule has 0 aliphatic carbocycles. The molecule has 0 N–H and O–H groups in total. The van der Waals surface area contributed by atoms with Crippen molar-refractivity contribution in [1.82, 2.24) is 0 Å². The number of carbonyl (C=O) groups is 1. The van der Waals surface area contributed by atoms with Crippen LogP contribution in [0.5, 0.6) is 0 Å². The molecule has 104 valence electrons. The fourth-order valence-electron chi connectivity index (χ4n) is 1.89. The van der Waals surface area contributed by atoms with Crippen molar-refractivity contribution in [2.75, 3.05) is 21.0 Å². The lowest BCUT2D eigenvalue weighted by atomic mass is 9.98. The van der Waals surface area contributed by atoms with E-state index in [2.05, 4.69) is 27.3 Å². The molecule has 0 aromatic heterocycles. The van der Waals surface area contributed by atoms with Crippen LogP contribution >= 0.6 is 22.6 Å². The molecule has 5 nitrogen and oxygen atoms in total. The smallest absolute Gasteiger partial charge is 0.308 e. The normalized spacial score (nSPS) is 28.5. The van der Waals surface area contributed by atoms with Crippen molar-refractivity contribution in [1.29, 1.82) is 0 Å². The zero-order chi connectivity index (χ0) is 13.4. The number of methoxy groups -OCH3 is 2. The highest BCUT2D eigenvalue weighted by Crippen LogP contribution is 2.25. The van der Waals surface area contributed by atoms with Crippen LogP contribution in [0.15, 0.2) is 10.2 Å². The Bertz CT molecular complexity index is 282. The van der Waals surface area contributed by atoms with Crippen molar-refractivity contribution in [2.24, 2.45) is 0 Å². The summed E-state index contributed by atoms with van der Waals surface area (Å²) in [6.45, 7) is 0.207. The van der Waals surface area contributed by atoms with Gasteiger partial charge in [-0.25, -0.2) is 0 Å². The standard InChI is InChI=1S/C12H19IO5/c1-15-8-17-10-4-3-9(5-6-13)18-11(10)7-12(14)16-2/h5-6,9-11H,3-4,7-8H2,1-2H3/b6-5+/t9-,10+,11-/m1/s1. The van der Waals surface area contributed by atoms with Crippen molar-refractivity contribution in [3.63, 3.8) is 0 Å². The van der Waals surface area contributed by atoms with Crippen molar-refractivity contribution in [2.45, 2.75) is 37.6 Å². The summed E-state index contributed by atoms with van der Waals surface area (Å²) in [5.74, 6) is -0.287. The average Bonchev–Trinajstić information content (AvgIpc) is 2.38. The molecule has 1 saturated heterocycles. The van der Waals surface area contributed by atoms with E-state index in [-0.39, 0.29) is 37.5 Å². The summed E-state index contributed by atoms with van der Waals surface area (Å²) < 4.78 is 22.9. The van der Waals surface area contributed by atoms with Crippen molar-refractivity contribution in [3.8, 4) is 0 Å². The maximum atomic E-state index is 11.4. The molecule has 0 bridgehead atoms. The first kappa shape index (κ1) is 15.9. The molecule has 6 heteroatoms. The van der Waals surface area contributed by atoms with E-state index in [1.54, 1.807) is 7.11 Å². The van der Waals surface area contributed by atoms with Crippen molar-refractivity contribution >= 4 is 28.6 Å². The first-order valence-electron chi connectivity index (χ1n) is 5.81. The molecule has 1 aliphatic heterocycles. The van der Waals surface area contributed by atoms with Gasteiger partial charge in [0.15, 0.2) is 0 Å². The molecule has 0 unspecified atom stereocenters. The van der Waals surface area contributed by atoms with Gasteiger partial charge < -0.3 is 18.9 Å². The van der Waals surface area contributed by atoms with E-state index < -0.39 is 0 Å². The number of halogens is 1. The Morgan fingerprint density at radius 1 is 1.44 bits per heavy atom. The monoisotopic (exact) mass is 370 g/mol. The van der Waals surface area contributed by atoms with Gasteiger partial charge in [-0.3, -0.25) is 4.79 Å². The Balaban J connectivity index is 2.57. The van der Waals surface area contributed by atoms with Gasteiger partial charge in [0.1, 0.15) is 6.79 Å². The number of rotatable bonds is 6. The molecule has 0 spiro atoms. The zero-order valence-electron chi connectivity index (χ0n) is 10.6. The van der Waals surface area contributed by atoms with E-state index in [1.807, 2.05) is 10.2 Å². The molecule has 1 heterocycles. The SMILES string of the molecule is COCO[C@H]1CC[C@H](/C=C/I)O[C@@H]1CC(=O)OC. The molecular formula is C12H19IO5. The van der Waals surface area contributed by atoms with E-state index in [4.69, 9.17) is 14.2 Å². The van der Waals surface area contributed by atoms with Gasteiger partial charge in [0.2, 0.25) is 0 Å². The minimum Gasteiger partial charge on any atom is -0.469 e. The minimum absolute atomic E-state index is 0.0407. The Kier molecular flexibility index (Phi) is 7.80. The van der Waals surface area contributed by atoms with Crippen LogP contribution in [0, 0.1) is 0 Å². The predicted molar refractivity (Wildman–Crippen MR) is 74.4 cm³/mol. The third-order valence-corrected chi connectivity index (χ3v) is 3.20. The van der Waals surface area contributed by atoms with Crippen molar-refractivity contribution < 1.29 is 23.7 Å². The number of carbonyl (C=O) groups excluding carboxylic acids is 1. The summed E-state index contributed by atoms with van der Waals surface area (Å²) >= 11 is 2.15. The zero-order valence-corrected chi connectivity index (χ0v) is 12.8. The fraction of sp³-hybridized carbons (Fsp3) is 0.750. The maximum absolute atomic E-state index is 11.4. The second-order valence-corrected chi connectivity index (χ2v) is 4.72. The summed E-state index contributed by atoms with van der Waals surface area (Å²) in [5, 5.41) is 0. The Morgan fingerprint density at radius 3 is 2.83 bits per heavy atom. The molecule has 0 aromatic carbocycles. The Labute approximate surface area is 121 Å². The van der Waals surface area contributed by atoms with Gasteiger partial charge in [-0.1, -0.05) is 22.6 Å². The molecule has 0 radical (unpaired) electrons. The number of hydrogen-bond donors (Lipinski definition) is 0. The lowest BCUT2D eigenvalue weighted by Crippen LogP contribution is -2.41. The topological polar surface area (TPSA) is 54.0 Å². The van der Waals surface area contributed by atoms with Gasteiger partial charge in [-0.15, -0.1) is 0 Å². The minimum atomic E-state index is -0.287. The van der Waals surface area contributed by atoms with Gasteiger partial charge in [0.25, 0.3) is 0 Å². The van der Waals surface area contributed by atoms with Gasteiger partial charge in [-0.2, -0.15) is 0 Å². The summed E-state index contributed by atoms with van der Waals surface area (Å²) in [6.07, 6.45) is 3.55. The van der Waals surface area contributed by atoms with E-state index in [0.29, 0.717) is 0 Å². The summed E-state index contributed by atoms with van der Waals surface area (Å²) in [5.41, 5.74) is 0. The summed E-state index contributed by atoms with van der Waals surface area (Å²) in [7, 11) is 2.94. The predicted octanol–water partition coefficient (Wildman–Crippen LogP) is 2.03. The van der Waals surface area contributed by atoms with Crippen LogP contribution in [0.1, 0.15) is 19.3 Å².